The number of carbonyl (C=O) groups excluding carboxylic acids is 2. The van der Waals surface area contributed by atoms with Crippen LogP contribution in [0.3, 0.4) is 0 Å². The smallest absolute Gasteiger partial charge is 0.341 e. The molecule has 0 aliphatic carbocycles. The Morgan fingerprint density at radius 3 is 2.79 bits per heavy atom. The second-order valence-corrected chi connectivity index (χ2v) is 4.08. The first kappa shape index (κ1) is 14.9. The summed E-state index contributed by atoms with van der Waals surface area (Å²) in [7, 11) is 0. The highest BCUT2D eigenvalue weighted by atomic mass is 19.1. The molecule has 0 saturated heterocycles. The lowest BCUT2D eigenvalue weighted by Crippen LogP contribution is -2.36. The van der Waals surface area contributed by atoms with E-state index in [-0.39, 0.29) is 11.3 Å². The van der Waals surface area contributed by atoms with Gasteiger partial charge in [-0.3, -0.25) is 4.79 Å². The molecule has 3 N–H and O–H groups in total. The summed E-state index contributed by atoms with van der Waals surface area (Å²) in [4.78, 5) is 23.2. The van der Waals surface area contributed by atoms with Crippen LogP contribution in [0, 0.1) is 5.82 Å². The number of nitrogen functional groups attached to an aromatic ring is 1. The third-order valence-corrected chi connectivity index (χ3v) is 2.41. The maximum absolute atomic E-state index is 13.4. The van der Waals surface area contributed by atoms with E-state index < -0.39 is 23.8 Å². The van der Waals surface area contributed by atoms with Crippen molar-refractivity contribution in [3.05, 3.63) is 29.6 Å². The molecule has 6 heteroatoms. The van der Waals surface area contributed by atoms with Gasteiger partial charge in [0.1, 0.15) is 5.82 Å². The maximum Gasteiger partial charge on any atom is 0.341 e. The third-order valence-electron chi connectivity index (χ3n) is 2.41. The monoisotopic (exact) mass is 268 g/mol. The van der Waals surface area contributed by atoms with E-state index in [2.05, 4.69) is 5.32 Å². The normalized spacial score (nSPS) is 11.7. The predicted molar refractivity (Wildman–Crippen MR) is 69.0 cm³/mol. The molecule has 0 bridgehead atoms. The molecule has 0 saturated carbocycles. The van der Waals surface area contributed by atoms with Crippen molar-refractivity contribution < 1.29 is 18.7 Å². The van der Waals surface area contributed by atoms with Crippen molar-refractivity contribution in [2.45, 2.75) is 26.4 Å². The Balaban J connectivity index is 2.68. The Kier molecular flexibility index (Phi) is 5.29. The van der Waals surface area contributed by atoms with E-state index in [1.807, 2.05) is 6.92 Å². The summed E-state index contributed by atoms with van der Waals surface area (Å²) in [6.07, 6.45) is -0.212. The van der Waals surface area contributed by atoms with E-state index >= 15 is 0 Å². The van der Waals surface area contributed by atoms with Gasteiger partial charge in [0.15, 0.2) is 6.10 Å². The number of hydrogen-bond donors (Lipinski definition) is 2. The Morgan fingerprint density at radius 2 is 2.16 bits per heavy atom. The van der Waals surface area contributed by atoms with Crippen LogP contribution in [0.1, 0.15) is 30.6 Å². The molecule has 1 aromatic carbocycles. The SMILES string of the molecule is CCCNC(=O)C(C)OC(=O)c1cc(N)ccc1F. The Bertz CT molecular complexity index is 477. The summed E-state index contributed by atoms with van der Waals surface area (Å²) in [6, 6.07) is 3.59. The highest BCUT2D eigenvalue weighted by Crippen LogP contribution is 2.14. The zero-order chi connectivity index (χ0) is 14.4. The van der Waals surface area contributed by atoms with Crippen LogP contribution < -0.4 is 11.1 Å². The first-order valence-electron chi connectivity index (χ1n) is 5.99. The van der Waals surface area contributed by atoms with Gasteiger partial charge in [-0.05, 0) is 31.5 Å². The van der Waals surface area contributed by atoms with Crippen LogP contribution >= 0.6 is 0 Å². The molecule has 1 atom stereocenters. The van der Waals surface area contributed by atoms with E-state index in [1.165, 1.54) is 19.1 Å². The van der Waals surface area contributed by atoms with Crippen LogP contribution in [0.15, 0.2) is 18.2 Å². The van der Waals surface area contributed by atoms with Gasteiger partial charge in [0.2, 0.25) is 0 Å². The number of ether oxygens (including phenoxy) is 1. The molecule has 0 aliphatic rings. The number of anilines is 1. The van der Waals surface area contributed by atoms with Gasteiger partial charge in [0.25, 0.3) is 5.91 Å². The van der Waals surface area contributed by atoms with Gasteiger partial charge in [-0.25, -0.2) is 9.18 Å². The number of carbonyl (C=O) groups is 2. The van der Waals surface area contributed by atoms with E-state index in [1.54, 1.807) is 0 Å². The number of halogens is 1. The van der Waals surface area contributed by atoms with Crippen LogP contribution in [0.2, 0.25) is 0 Å². The van der Waals surface area contributed by atoms with Crippen molar-refractivity contribution in [1.29, 1.82) is 0 Å². The standard InChI is InChI=1S/C13H17FN2O3/c1-3-6-16-12(17)8(2)19-13(18)10-7-9(15)4-5-11(10)14/h4-5,7-8H,3,6,15H2,1-2H3,(H,16,17). The van der Waals surface area contributed by atoms with Crippen molar-refractivity contribution in [3.8, 4) is 0 Å². The van der Waals surface area contributed by atoms with Gasteiger partial charge in [0, 0.05) is 12.2 Å². The Morgan fingerprint density at radius 1 is 1.47 bits per heavy atom. The quantitative estimate of drug-likeness (QED) is 0.626. The molecule has 0 fully saturated rings. The fourth-order valence-electron chi connectivity index (χ4n) is 1.37. The Labute approximate surface area is 110 Å². The van der Waals surface area contributed by atoms with Crippen molar-refractivity contribution in [3.63, 3.8) is 0 Å². The molecule has 0 radical (unpaired) electrons. The summed E-state index contributed by atoms with van der Waals surface area (Å²) in [6.45, 7) is 3.82. The number of hydrogen-bond acceptors (Lipinski definition) is 4. The lowest BCUT2D eigenvalue weighted by molar-refractivity contribution is -0.129. The molecular weight excluding hydrogens is 251 g/mol. The minimum absolute atomic E-state index is 0.247. The van der Waals surface area contributed by atoms with E-state index in [9.17, 15) is 14.0 Å². The fraction of sp³-hybridized carbons (Fsp3) is 0.385. The van der Waals surface area contributed by atoms with E-state index in [0.717, 1.165) is 12.5 Å². The van der Waals surface area contributed by atoms with Crippen LogP contribution in [-0.4, -0.2) is 24.5 Å². The minimum atomic E-state index is -0.986. The van der Waals surface area contributed by atoms with Crippen LogP contribution in [0.5, 0.6) is 0 Å². The molecule has 5 nitrogen and oxygen atoms in total. The first-order chi connectivity index (χ1) is 8.95. The molecule has 0 aromatic heterocycles. The summed E-state index contributed by atoms with van der Waals surface area (Å²) >= 11 is 0. The number of rotatable bonds is 5. The van der Waals surface area contributed by atoms with Crippen molar-refractivity contribution in [1.82, 2.24) is 5.32 Å². The summed E-state index contributed by atoms with van der Waals surface area (Å²) < 4.78 is 18.3. The number of nitrogens with two attached hydrogens (primary N) is 1. The van der Waals surface area contributed by atoms with Crippen LogP contribution in [-0.2, 0) is 9.53 Å². The van der Waals surface area contributed by atoms with Crippen LogP contribution in [0.25, 0.3) is 0 Å². The predicted octanol–water partition coefficient (Wildman–Crippen LogP) is 1.48. The van der Waals surface area contributed by atoms with Gasteiger partial charge >= 0.3 is 5.97 Å². The van der Waals surface area contributed by atoms with Gasteiger partial charge in [-0.15, -0.1) is 0 Å². The van der Waals surface area contributed by atoms with Gasteiger partial charge < -0.3 is 15.8 Å². The number of esters is 1. The molecular formula is C13H17FN2O3. The average Bonchev–Trinajstić information content (AvgIpc) is 2.38. The number of benzene rings is 1. The molecule has 0 heterocycles. The topological polar surface area (TPSA) is 81.4 Å². The number of nitrogens with one attached hydrogen (secondary N) is 1. The second kappa shape index (κ2) is 6.72. The first-order valence-corrected chi connectivity index (χ1v) is 5.99. The van der Waals surface area contributed by atoms with Crippen molar-refractivity contribution >= 4 is 17.6 Å². The lowest BCUT2D eigenvalue weighted by atomic mass is 10.2. The molecule has 1 amide bonds. The van der Waals surface area contributed by atoms with E-state index in [0.29, 0.717) is 6.54 Å². The molecule has 104 valence electrons. The highest BCUT2D eigenvalue weighted by molar-refractivity contribution is 5.93. The highest BCUT2D eigenvalue weighted by Gasteiger charge is 2.20. The fourth-order valence-corrected chi connectivity index (χ4v) is 1.37. The minimum Gasteiger partial charge on any atom is -0.449 e. The molecule has 1 aromatic rings. The maximum atomic E-state index is 13.4. The molecule has 1 rings (SSSR count). The summed E-state index contributed by atoms with van der Waals surface area (Å²) in [5.74, 6) is -2.07. The molecule has 0 aliphatic heterocycles. The molecule has 19 heavy (non-hydrogen) atoms. The summed E-state index contributed by atoms with van der Waals surface area (Å²) in [5, 5.41) is 2.58. The zero-order valence-electron chi connectivity index (χ0n) is 10.9. The molecule has 0 spiro atoms. The van der Waals surface area contributed by atoms with Gasteiger partial charge in [-0.1, -0.05) is 6.92 Å². The lowest BCUT2D eigenvalue weighted by Gasteiger charge is -2.13. The van der Waals surface area contributed by atoms with Gasteiger partial charge in [0.05, 0.1) is 5.56 Å². The largest absolute Gasteiger partial charge is 0.449 e. The Hall–Kier alpha value is -2.11. The van der Waals surface area contributed by atoms with Gasteiger partial charge in [-0.2, -0.15) is 0 Å². The van der Waals surface area contributed by atoms with E-state index in [4.69, 9.17) is 10.5 Å². The number of amides is 1. The summed E-state index contributed by atoms with van der Waals surface area (Å²) in [5.41, 5.74) is 5.43. The van der Waals surface area contributed by atoms with Crippen molar-refractivity contribution in [2.75, 3.05) is 12.3 Å². The van der Waals surface area contributed by atoms with Crippen LogP contribution in [0.4, 0.5) is 10.1 Å². The average molecular weight is 268 g/mol. The molecule has 1 unspecified atom stereocenters. The van der Waals surface area contributed by atoms with Crippen molar-refractivity contribution in [2.24, 2.45) is 0 Å². The second-order valence-electron chi connectivity index (χ2n) is 4.08. The zero-order valence-corrected chi connectivity index (χ0v) is 10.9. The third kappa shape index (κ3) is 4.24.